The summed E-state index contributed by atoms with van der Waals surface area (Å²) >= 11 is 0. The Balaban J connectivity index is 1.36. The Morgan fingerprint density at radius 1 is 0.917 bits per heavy atom. The van der Waals surface area contributed by atoms with Crippen LogP contribution in [-0.2, 0) is 16.0 Å². The molecule has 2 heterocycles. The van der Waals surface area contributed by atoms with Crippen LogP contribution in [0.1, 0.15) is 61.1 Å². The highest BCUT2D eigenvalue weighted by atomic mass is 16.7. The van der Waals surface area contributed by atoms with Crippen molar-refractivity contribution in [1.29, 1.82) is 0 Å². The average molecular weight is 493 g/mol. The number of hydrogen-bond acceptors (Lipinski definition) is 7. The van der Waals surface area contributed by atoms with Crippen molar-refractivity contribution in [2.24, 2.45) is 5.92 Å². The quantitative estimate of drug-likeness (QED) is 0.484. The first-order valence-electron chi connectivity index (χ1n) is 12.9. The van der Waals surface area contributed by atoms with Crippen LogP contribution in [0.2, 0.25) is 0 Å². The minimum absolute atomic E-state index is 0.201. The number of benzene rings is 2. The Hall–Kier alpha value is -3.35. The van der Waals surface area contributed by atoms with Crippen molar-refractivity contribution in [3.63, 3.8) is 0 Å². The predicted octanol–water partition coefficient (Wildman–Crippen LogP) is 5.32. The molecule has 190 valence electrons. The van der Waals surface area contributed by atoms with Gasteiger partial charge in [0, 0.05) is 5.92 Å². The van der Waals surface area contributed by atoms with E-state index in [2.05, 4.69) is 0 Å². The Morgan fingerprint density at radius 2 is 1.64 bits per heavy atom. The molecule has 2 aliphatic heterocycles. The number of carbonyl (C=O) groups is 1. The van der Waals surface area contributed by atoms with Crippen LogP contribution in [-0.4, -0.2) is 40.2 Å². The van der Waals surface area contributed by atoms with Crippen LogP contribution < -0.4 is 23.7 Å². The van der Waals surface area contributed by atoms with Crippen LogP contribution in [0.5, 0.6) is 28.7 Å². The van der Waals surface area contributed by atoms with E-state index in [1.165, 1.54) is 32.1 Å². The van der Waals surface area contributed by atoms with Crippen LogP contribution in [0, 0.1) is 5.92 Å². The summed E-state index contributed by atoms with van der Waals surface area (Å²) in [7, 11) is 3.27. The van der Waals surface area contributed by atoms with E-state index in [1.54, 1.807) is 14.2 Å². The molecule has 7 nitrogen and oxygen atoms in total. The van der Waals surface area contributed by atoms with Gasteiger partial charge in [-0.25, -0.2) is 4.79 Å². The van der Waals surface area contributed by atoms with Crippen molar-refractivity contribution >= 4 is 5.97 Å². The number of esters is 1. The van der Waals surface area contributed by atoms with Crippen molar-refractivity contribution in [1.82, 2.24) is 0 Å². The van der Waals surface area contributed by atoms with Crippen LogP contribution in [0.4, 0.5) is 0 Å². The number of ether oxygens (including phenoxy) is 6. The SMILES string of the molecule is COc1cc([C@@H]2C3=C(COC3=O)Cc3cc4c(cc32)OCO4)cc(OC)c1OCCC1CCCCC1. The van der Waals surface area contributed by atoms with Gasteiger partial charge < -0.3 is 28.4 Å². The molecule has 1 saturated carbocycles. The Kier molecular flexibility index (Phi) is 6.15. The third-order valence-electron chi connectivity index (χ3n) is 7.93. The number of fused-ring (bicyclic) bond motifs is 2. The van der Waals surface area contributed by atoms with Crippen LogP contribution >= 0.6 is 0 Å². The fourth-order valence-corrected chi connectivity index (χ4v) is 6.09. The normalized spacial score (nSPS) is 20.6. The summed E-state index contributed by atoms with van der Waals surface area (Å²) in [6.45, 7) is 1.13. The molecule has 36 heavy (non-hydrogen) atoms. The zero-order valence-corrected chi connectivity index (χ0v) is 20.9. The van der Waals surface area contributed by atoms with Crippen molar-refractivity contribution < 1.29 is 33.2 Å². The molecule has 1 fully saturated rings. The first-order valence-corrected chi connectivity index (χ1v) is 12.9. The number of rotatable bonds is 7. The van der Waals surface area contributed by atoms with Crippen LogP contribution in [0.3, 0.4) is 0 Å². The minimum Gasteiger partial charge on any atom is -0.493 e. The lowest BCUT2D eigenvalue weighted by Gasteiger charge is -2.28. The minimum atomic E-state index is -0.327. The molecule has 0 amide bonds. The van der Waals surface area contributed by atoms with Crippen molar-refractivity contribution in [2.45, 2.75) is 50.9 Å². The van der Waals surface area contributed by atoms with Gasteiger partial charge in [0.2, 0.25) is 12.5 Å². The first-order chi connectivity index (χ1) is 17.7. The maximum Gasteiger partial charge on any atom is 0.335 e. The van der Waals surface area contributed by atoms with Crippen molar-refractivity contribution in [3.8, 4) is 28.7 Å². The van der Waals surface area contributed by atoms with Gasteiger partial charge in [0.25, 0.3) is 0 Å². The zero-order chi connectivity index (χ0) is 24.6. The molecule has 1 atom stereocenters. The molecule has 4 aliphatic rings. The molecule has 0 bridgehead atoms. The predicted molar refractivity (Wildman–Crippen MR) is 132 cm³/mol. The summed E-state index contributed by atoms with van der Waals surface area (Å²) in [6.07, 6.45) is 8.22. The highest BCUT2D eigenvalue weighted by Crippen LogP contribution is 2.50. The molecular weight excluding hydrogens is 460 g/mol. The second-order valence-electron chi connectivity index (χ2n) is 10.0. The molecule has 0 N–H and O–H groups in total. The molecule has 7 heteroatoms. The topological polar surface area (TPSA) is 72.5 Å². The molecule has 2 aromatic rings. The molecule has 0 unspecified atom stereocenters. The molecule has 0 spiro atoms. The van der Waals surface area contributed by atoms with E-state index < -0.39 is 0 Å². The highest BCUT2D eigenvalue weighted by molar-refractivity contribution is 5.95. The largest absolute Gasteiger partial charge is 0.493 e. The summed E-state index contributed by atoms with van der Waals surface area (Å²) in [6, 6.07) is 7.93. The van der Waals surface area contributed by atoms with E-state index in [0.29, 0.717) is 48.2 Å². The van der Waals surface area contributed by atoms with E-state index in [9.17, 15) is 4.79 Å². The third kappa shape index (κ3) is 4.04. The number of cyclic esters (lactones) is 1. The van der Waals surface area contributed by atoms with Gasteiger partial charge in [-0.05, 0) is 65.3 Å². The monoisotopic (exact) mass is 492 g/mol. The Labute approximate surface area is 211 Å². The lowest BCUT2D eigenvalue weighted by molar-refractivity contribution is -0.136. The van der Waals surface area contributed by atoms with Gasteiger partial charge in [-0.2, -0.15) is 0 Å². The standard InChI is InChI=1S/C29H32O7/c1-31-24-12-19(13-25(32-2)28(24)33-9-8-17-6-4-3-5-7-17)26-21-14-23-22(35-16-36-23)11-18(21)10-20-15-34-29(30)27(20)26/h11-14,17,26H,3-10,15-16H2,1-2H3/t26-/m0/s1. The van der Waals surface area contributed by atoms with Crippen molar-refractivity contribution in [3.05, 3.63) is 52.1 Å². The lowest BCUT2D eigenvalue weighted by atomic mass is 9.75. The number of carbonyl (C=O) groups excluding carboxylic acids is 1. The number of hydrogen-bond donors (Lipinski definition) is 0. The van der Waals surface area contributed by atoms with Gasteiger partial charge in [0.15, 0.2) is 23.0 Å². The van der Waals surface area contributed by atoms with E-state index in [-0.39, 0.29) is 18.7 Å². The van der Waals surface area contributed by atoms with Gasteiger partial charge >= 0.3 is 5.97 Å². The van der Waals surface area contributed by atoms with Gasteiger partial charge in [-0.15, -0.1) is 0 Å². The van der Waals surface area contributed by atoms with E-state index in [0.717, 1.165) is 40.4 Å². The highest BCUT2D eigenvalue weighted by Gasteiger charge is 2.40. The lowest BCUT2D eigenvalue weighted by Crippen LogP contribution is -2.18. The fraction of sp³-hybridized carbons (Fsp3) is 0.483. The molecule has 0 aromatic heterocycles. The van der Waals surface area contributed by atoms with Crippen LogP contribution in [0.25, 0.3) is 0 Å². The molecule has 2 aliphatic carbocycles. The van der Waals surface area contributed by atoms with Crippen LogP contribution in [0.15, 0.2) is 35.4 Å². The zero-order valence-electron chi connectivity index (χ0n) is 20.9. The molecule has 0 saturated heterocycles. The molecule has 6 rings (SSSR count). The van der Waals surface area contributed by atoms with Crippen molar-refractivity contribution in [2.75, 3.05) is 34.2 Å². The average Bonchev–Trinajstić information content (AvgIpc) is 3.52. The molecular formula is C29H32O7. The van der Waals surface area contributed by atoms with E-state index in [1.807, 2.05) is 24.3 Å². The molecule has 0 radical (unpaired) electrons. The summed E-state index contributed by atoms with van der Waals surface area (Å²) in [5.41, 5.74) is 4.69. The smallest absolute Gasteiger partial charge is 0.335 e. The maximum atomic E-state index is 12.9. The van der Waals surface area contributed by atoms with E-state index >= 15 is 0 Å². The van der Waals surface area contributed by atoms with Gasteiger partial charge in [-0.3, -0.25) is 0 Å². The maximum absolute atomic E-state index is 12.9. The Morgan fingerprint density at radius 3 is 2.36 bits per heavy atom. The second-order valence-corrected chi connectivity index (χ2v) is 10.0. The second kappa shape index (κ2) is 9.60. The third-order valence-corrected chi connectivity index (χ3v) is 7.93. The summed E-state index contributed by atoms with van der Waals surface area (Å²) < 4.78 is 34.6. The van der Waals surface area contributed by atoms with E-state index in [4.69, 9.17) is 28.4 Å². The summed E-state index contributed by atoms with van der Waals surface area (Å²) in [5.74, 6) is 3.33. The first kappa shape index (κ1) is 23.1. The van der Waals surface area contributed by atoms with Gasteiger partial charge in [0.1, 0.15) is 6.61 Å². The fourth-order valence-electron chi connectivity index (χ4n) is 6.09. The number of methoxy groups -OCH3 is 2. The summed E-state index contributed by atoms with van der Waals surface area (Å²) in [4.78, 5) is 12.9. The van der Waals surface area contributed by atoms with Gasteiger partial charge in [-0.1, -0.05) is 32.1 Å². The van der Waals surface area contributed by atoms with Gasteiger partial charge in [0.05, 0.1) is 26.4 Å². The molecule has 2 aromatic carbocycles. The Bertz CT molecular complexity index is 1180. The summed E-state index contributed by atoms with van der Waals surface area (Å²) in [5, 5.41) is 0.